The Morgan fingerprint density at radius 2 is 1.70 bits per heavy atom. The molecule has 0 bridgehead atoms. The Kier molecular flexibility index (Phi) is 6.04. The van der Waals surface area contributed by atoms with Crippen molar-refractivity contribution in [3.05, 3.63) is 35.4 Å². The van der Waals surface area contributed by atoms with E-state index >= 15 is 0 Å². The average molecular weight is 328 g/mol. The number of nitrogens with zero attached hydrogens (tertiary/aromatic N) is 2. The van der Waals surface area contributed by atoms with E-state index in [1.54, 1.807) is 0 Å². The summed E-state index contributed by atoms with van der Waals surface area (Å²) in [5, 5.41) is 0. The topological polar surface area (TPSA) is 23.6 Å². The molecule has 1 aliphatic heterocycles. The number of hydrogen-bond donors (Lipinski definition) is 0. The largest absolute Gasteiger partial charge is 0.416 e. The summed E-state index contributed by atoms with van der Waals surface area (Å²) >= 11 is 0. The standard InChI is InChI=1S/C17H23F3N2O/c1-2-3-4-16(23)22-11-9-21(10-12-22)13-14-5-7-15(8-6-14)17(18,19)20/h5-8H,2-4,9-13H2,1H3. The molecule has 0 aliphatic carbocycles. The van der Waals surface area contributed by atoms with Crippen LogP contribution in [-0.4, -0.2) is 41.9 Å². The van der Waals surface area contributed by atoms with Gasteiger partial charge in [0.05, 0.1) is 5.56 Å². The van der Waals surface area contributed by atoms with Crippen molar-refractivity contribution in [1.82, 2.24) is 9.80 Å². The van der Waals surface area contributed by atoms with Crippen molar-refractivity contribution >= 4 is 5.91 Å². The van der Waals surface area contributed by atoms with Crippen LogP contribution in [0.25, 0.3) is 0 Å². The summed E-state index contributed by atoms with van der Waals surface area (Å²) < 4.78 is 37.6. The zero-order chi connectivity index (χ0) is 16.9. The van der Waals surface area contributed by atoms with E-state index in [0.717, 1.165) is 43.6 Å². The number of hydrogen-bond acceptors (Lipinski definition) is 2. The summed E-state index contributed by atoms with van der Waals surface area (Å²) in [7, 11) is 0. The molecular formula is C17H23F3N2O. The van der Waals surface area contributed by atoms with Gasteiger partial charge in [0.15, 0.2) is 0 Å². The minimum absolute atomic E-state index is 0.209. The number of carbonyl (C=O) groups is 1. The van der Waals surface area contributed by atoms with E-state index in [2.05, 4.69) is 11.8 Å². The molecule has 1 amide bonds. The first-order chi connectivity index (χ1) is 10.9. The molecule has 0 unspecified atom stereocenters. The van der Waals surface area contributed by atoms with Crippen LogP contribution in [0, 0.1) is 0 Å². The first-order valence-corrected chi connectivity index (χ1v) is 8.06. The van der Waals surface area contributed by atoms with Crippen molar-refractivity contribution in [2.75, 3.05) is 26.2 Å². The van der Waals surface area contributed by atoms with Crippen molar-refractivity contribution < 1.29 is 18.0 Å². The molecule has 1 heterocycles. The first kappa shape index (κ1) is 17.8. The van der Waals surface area contributed by atoms with Crippen LogP contribution in [0.4, 0.5) is 13.2 Å². The zero-order valence-electron chi connectivity index (χ0n) is 13.4. The molecule has 0 aromatic heterocycles. The van der Waals surface area contributed by atoms with Crippen LogP contribution in [0.1, 0.15) is 37.3 Å². The van der Waals surface area contributed by atoms with Gasteiger partial charge in [-0.3, -0.25) is 9.69 Å². The highest BCUT2D eigenvalue weighted by Crippen LogP contribution is 2.29. The van der Waals surface area contributed by atoms with Crippen LogP contribution < -0.4 is 0 Å². The molecule has 1 saturated heterocycles. The van der Waals surface area contributed by atoms with Gasteiger partial charge >= 0.3 is 6.18 Å². The lowest BCUT2D eigenvalue weighted by Gasteiger charge is -2.34. The summed E-state index contributed by atoms with van der Waals surface area (Å²) in [5.41, 5.74) is 0.247. The van der Waals surface area contributed by atoms with E-state index < -0.39 is 11.7 Å². The Balaban J connectivity index is 1.81. The van der Waals surface area contributed by atoms with E-state index in [1.165, 1.54) is 12.1 Å². The van der Waals surface area contributed by atoms with Gasteiger partial charge in [-0.2, -0.15) is 13.2 Å². The number of alkyl halides is 3. The lowest BCUT2D eigenvalue weighted by Crippen LogP contribution is -2.48. The molecule has 6 heteroatoms. The smallest absolute Gasteiger partial charge is 0.340 e. The second kappa shape index (κ2) is 7.81. The van der Waals surface area contributed by atoms with E-state index in [0.29, 0.717) is 26.1 Å². The molecular weight excluding hydrogens is 305 g/mol. The third kappa shape index (κ3) is 5.23. The molecule has 1 aromatic rings. The second-order valence-electron chi connectivity index (χ2n) is 5.96. The average Bonchev–Trinajstić information content (AvgIpc) is 2.53. The predicted molar refractivity (Wildman–Crippen MR) is 82.8 cm³/mol. The molecule has 1 fully saturated rings. The molecule has 0 saturated carbocycles. The van der Waals surface area contributed by atoms with Gasteiger partial charge in [-0.25, -0.2) is 0 Å². The summed E-state index contributed by atoms with van der Waals surface area (Å²) in [5.74, 6) is 0.209. The predicted octanol–water partition coefficient (Wildman–Crippen LogP) is 3.54. The lowest BCUT2D eigenvalue weighted by molar-refractivity contribution is -0.137. The van der Waals surface area contributed by atoms with E-state index in [-0.39, 0.29) is 5.91 Å². The zero-order valence-corrected chi connectivity index (χ0v) is 13.4. The van der Waals surface area contributed by atoms with Gasteiger partial charge in [0, 0.05) is 39.1 Å². The fourth-order valence-electron chi connectivity index (χ4n) is 2.70. The minimum atomic E-state index is -4.29. The fraction of sp³-hybridized carbons (Fsp3) is 0.588. The maximum absolute atomic E-state index is 12.5. The summed E-state index contributed by atoms with van der Waals surface area (Å²) in [6.45, 7) is 5.61. The second-order valence-corrected chi connectivity index (χ2v) is 5.96. The molecule has 3 nitrogen and oxygen atoms in total. The highest BCUT2D eigenvalue weighted by molar-refractivity contribution is 5.76. The molecule has 1 aliphatic rings. The summed E-state index contributed by atoms with van der Waals surface area (Å²) in [6.07, 6.45) is -1.75. The maximum Gasteiger partial charge on any atom is 0.416 e. The quantitative estimate of drug-likeness (QED) is 0.825. The number of amides is 1. The molecule has 2 rings (SSSR count). The molecule has 128 valence electrons. The molecule has 0 radical (unpaired) electrons. The highest BCUT2D eigenvalue weighted by atomic mass is 19.4. The van der Waals surface area contributed by atoms with Gasteiger partial charge in [-0.1, -0.05) is 25.5 Å². The van der Waals surface area contributed by atoms with Crippen LogP contribution in [0.15, 0.2) is 24.3 Å². The molecule has 0 atom stereocenters. The first-order valence-electron chi connectivity index (χ1n) is 8.06. The van der Waals surface area contributed by atoms with E-state index in [4.69, 9.17) is 0 Å². The number of rotatable bonds is 5. The molecule has 0 N–H and O–H groups in total. The number of unbranched alkanes of at least 4 members (excludes halogenated alkanes) is 1. The van der Waals surface area contributed by atoms with Gasteiger partial charge < -0.3 is 4.90 Å². The van der Waals surface area contributed by atoms with Gasteiger partial charge in [-0.15, -0.1) is 0 Å². The molecule has 0 spiro atoms. The SMILES string of the molecule is CCCCC(=O)N1CCN(Cc2ccc(C(F)(F)F)cc2)CC1. The van der Waals surface area contributed by atoms with Crippen LogP contribution in [0.5, 0.6) is 0 Å². The van der Waals surface area contributed by atoms with Gasteiger partial charge in [0.2, 0.25) is 5.91 Å². The molecule has 23 heavy (non-hydrogen) atoms. The molecule has 1 aromatic carbocycles. The number of piperazine rings is 1. The van der Waals surface area contributed by atoms with Crippen molar-refractivity contribution in [2.24, 2.45) is 0 Å². The van der Waals surface area contributed by atoms with Crippen LogP contribution in [0.2, 0.25) is 0 Å². The number of benzene rings is 1. The Morgan fingerprint density at radius 1 is 1.09 bits per heavy atom. The summed E-state index contributed by atoms with van der Waals surface area (Å²) in [4.78, 5) is 16.0. The van der Waals surface area contributed by atoms with Crippen molar-refractivity contribution in [1.29, 1.82) is 0 Å². The third-order valence-electron chi connectivity index (χ3n) is 4.16. The third-order valence-corrected chi connectivity index (χ3v) is 4.16. The van der Waals surface area contributed by atoms with Crippen molar-refractivity contribution in [3.8, 4) is 0 Å². The van der Waals surface area contributed by atoms with Crippen LogP contribution in [-0.2, 0) is 17.5 Å². The van der Waals surface area contributed by atoms with Crippen molar-refractivity contribution in [3.63, 3.8) is 0 Å². The Morgan fingerprint density at radius 3 is 2.22 bits per heavy atom. The monoisotopic (exact) mass is 328 g/mol. The van der Waals surface area contributed by atoms with Crippen LogP contribution >= 0.6 is 0 Å². The summed E-state index contributed by atoms with van der Waals surface area (Å²) in [6, 6.07) is 5.31. The van der Waals surface area contributed by atoms with Gasteiger partial charge in [-0.05, 0) is 24.1 Å². The Bertz CT molecular complexity index is 506. The Hall–Kier alpha value is -1.56. The highest BCUT2D eigenvalue weighted by Gasteiger charge is 2.30. The Labute approximate surface area is 135 Å². The normalized spacial score (nSPS) is 16.6. The minimum Gasteiger partial charge on any atom is -0.340 e. The fourth-order valence-corrected chi connectivity index (χ4v) is 2.70. The van der Waals surface area contributed by atoms with Gasteiger partial charge in [0.25, 0.3) is 0 Å². The number of halogens is 3. The van der Waals surface area contributed by atoms with Crippen molar-refractivity contribution in [2.45, 2.75) is 38.9 Å². The van der Waals surface area contributed by atoms with Crippen LogP contribution in [0.3, 0.4) is 0 Å². The number of carbonyl (C=O) groups excluding carboxylic acids is 1. The van der Waals surface area contributed by atoms with E-state index in [9.17, 15) is 18.0 Å². The van der Waals surface area contributed by atoms with E-state index in [1.807, 2.05) is 4.90 Å². The maximum atomic E-state index is 12.5. The van der Waals surface area contributed by atoms with Gasteiger partial charge in [0.1, 0.15) is 0 Å². The lowest BCUT2D eigenvalue weighted by atomic mass is 10.1.